The third-order valence-electron chi connectivity index (χ3n) is 2.82. The fourth-order valence-electron chi connectivity index (χ4n) is 1.79. The van der Waals surface area contributed by atoms with Gasteiger partial charge in [-0.25, -0.2) is 0 Å². The average Bonchev–Trinajstić information content (AvgIpc) is 2.57. The van der Waals surface area contributed by atoms with Crippen molar-refractivity contribution in [1.29, 1.82) is 0 Å². The molecule has 1 rings (SSSR count). The number of carbonyl (C=O) groups is 1. The van der Waals surface area contributed by atoms with Crippen LogP contribution in [0.4, 0.5) is 0 Å². The zero-order chi connectivity index (χ0) is 12.1. The van der Waals surface area contributed by atoms with Crippen LogP contribution < -0.4 is 34.7 Å². The van der Waals surface area contributed by atoms with Crippen molar-refractivity contribution in [1.82, 2.24) is 9.80 Å². The van der Waals surface area contributed by atoms with E-state index in [4.69, 9.17) is 0 Å². The van der Waals surface area contributed by atoms with Gasteiger partial charge in [-0.1, -0.05) is 13.3 Å². The Morgan fingerprint density at radius 3 is 2.71 bits per heavy atom. The number of hydrogen-bond donors (Lipinski definition) is 1. The Morgan fingerprint density at radius 1 is 1.53 bits per heavy atom. The maximum absolute atomic E-state index is 10.5. The molecule has 1 heterocycles. The number of carboxylic acids is 1. The van der Waals surface area contributed by atoms with E-state index in [1.807, 2.05) is 24.3 Å². The zero-order valence-corrected chi connectivity index (χ0v) is 12.8. The summed E-state index contributed by atoms with van der Waals surface area (Å²) in [5, 5.41) is 19.8. The van der Waals surface area contributed by atoms with Crippen LogP contribution in [-0.2, 0) is 4.79 Å². The van der Waals surface area contributed by atoms with Crippen LogP contribution in [0, 0.1) is 0 Å². The molecule has 0 saturated carbocycles. The second kappa shape index (κ2) is 7.97. The van der Waals surface area contributed by atoms with E-state index >= 15 is 0 Å². The maximum Gasteiger partial charge on any atom is 1.00 e. The van der Waals surface area contributed by atoms with Gasteiger partial charge >= 0.3 is 29.6 Å². The van der Waals surface area contributed by atoms with Gasteiger partial charge in [0.05, 0.1) is 12.1 Å². The molecular weight excluding hydrogens is 231 g/mol. The summed E-state index contributed by atoms with van der Waals surface area (Å²) in [7, 11) is 1.87. The van der Waals surface area contributed by atoms with Crippen molar-refractivity contribution in [2.45, 2.75) is 38.5 Å². The topological polar surface area (TPSA) is 66.8 Å². The smallest absolute Gasteiger partial charge is 0.547 e. The van der Waals surface area contributed by atoms with Crippen LogP contribution in [-0.4, -0.2) is 46.7 Å². The van der Waals surface area contributed by atoms with Crippen molar-refractivity contribution in [3.8, 4) is 0 Å². The van der Waals surface area contributed by atoms with Gasteiger partial charge in [0, 0.05) is 32.4 Å². The molecule has 6 heteroatoms. The van der Waals surface area contributed by atoms with Crippen LogP contribution in [0.25, 0.3) is 0 Å². The van der Waals surface area contributed by atoms with E-state index in [9.17, 15) is 15.0 Å². The predicted octanol–water partition coefficient (Wildman–Crippen LogP) is -3.66. The molecule has 0 aromatic heterocycles. The van der Waals surface area contributed by atoms with Crippen LogP contribution >= 0.6 is 0 Å². The van der Waals surface area contributed by atoms with Gasteiger partial charge in [-0.3, -0.25) is 0 Å². The molecule has 1 aliphatic rings. The third-order valence-corrected chi connectivity index (χ3v) is 2.82. The van der Waals surface area contributed by atoms with E-state index < -0.39 is 12.1 Å². The SMILES string of the molecule is CCCCN1C=CN(C)C1CC(O)C(=O)[O-].[Na+]. The van der Waals surface area contributed by atoms with Gasteiger partial charge in [0.1, 0.15) is 6.17 Å². The average molecular weight is 250 g/mol. The molecule has 5 nitrogen and oxygen atoms in total. The molecule has 0 spiro atoms. The molecule has 0 amide bonds. The minimum atomic E-state index is -1.41. The Balaban J connectivity index is 0.00000256. The van der Waals surface area contributed by atoms with Crippen LogP contribution in [0.15, 0.2) is 12.4 Å². The summed E-state index contributed by atoms with van der Waals surface area (Å²) < 4.78 is 0. The Kier molecular flexibility index (Phi) is 7.87. The number of nitrogens with zero attached hydrogens (tertiary/aromatic N) is 2. The monoisotopic (exact) mass is 250 g/mol. The first-order valence-electron chi connectivity index (χ1n) is 5.61. The number of hydrogen-bond acceptors (Lipinski definition) is 5. The largest absolute Gasteiger partial charge is 1.00 e. The minimum absolute atomic E-state index is 0. The van der Waals surface area contributed by atoms with Crippen LogP contribution in [0.5, 0.6) is 0 Å². The van der Waals surface area contributed by atoms with Crippen LogP contribution in [0.1, 0.15) is 26.2 Å². The third kappa shape index (κ3) is 4.87. The Labute approximate surface area is 124 Å². The quantitative estimate of drug-likeness (QED) is 0.492. The standard InChI is InChI=1S/C11H20N2O3.Na/c1-3-4-5-13-7-6-12(2)10(13)8-9(14)11(15)16;/h6-7,9-10,14H,3-5,8H2,1-2H3,(H,15,16);/q;+1/p-1. The van der Waals surface area contributed by atoms with Crippen molar-refractivity contribution in [3.05, 3.63) is 12.4 Å². The first-order valence-corrected chi connectivity index (χ1v) is 5.61. The number of aliphatic carboxylic acids is 1. The van der Waals surface area contributed by atoms with E-state index in [0.29, 0.717) is 0 Å². The van der Waals surface area contributed by atoms with Crippen molar-refractivity contribution in [2.75, 3.05) is 13.6 Å². The molecule has 0 radical (unpaired) electrons. The fourth-order valence-corrected chi connectivity index (χ4v) is 1.79. The van der Waals surface area contributed by atoms with Gasteiger partial charge < -0.3 is 24.8 Å². The molecule has 0 saturated heterocycles. The van der Waals surface area contributed by atoms with Gasteiger partial charge in [-0.2, -0.15) is 0 Å². The van der Waals surface area contributed by atoms with Crippen LogP contribution in [0.2, 0.25) is 0 Å². The molecule has 2 unspecified atom stereocenters. The Bertz CT molecular complexity index is 273. The second-order valence-electron chi connectivity index (χ2n) is 4.11. The Morgan fingerprint density at radius 2 is 2.18 bits per heavy atom. The molecule has 17 heavy (non-hydrogen) atoms. The molecule has 2 atom stereocenters. The summed E-state index contributed by atoms with van der Waals surface area (Å²) >= 11 is 0. The summed E-state index contributed by atoms with van der Waals surface area (Å²) in [6.07, 6.45) is 4.64. The predicted molar refractivity (Wildman–Crippen MR) is 57.9 cm³/mol. The second-order valence-corrected chi connectivity index (χ2v) is 4.11. The van der Waals surface area contributed by atoms with Crippen molar-refractivity contribution in [2.24, 2.45) is 0 Å². The summed E-state index contributed by atoms with van der Waals surface area (Å²) in [4.78, 5) is 14.5. The maximum atomic E-state index is 10.5. The molecule has 0 aromatic carbocycles. The molecule has 1 N–H and O–H groups in total. The summed E-state index contributed by atoms with van der Waals surface area (Å²) in [5.41, 5.74) is 0. The number of aliphatic hydroxyl groups is 1. The van der Waals surface area contributed by atoms with E-state index in [1.165, 1.54) is 0 Å². The van der Waals surface area contributed by atoms with Gasteiger partial charge in [0.25, 0.3) is 0 Å². The van der Waals surface area contributed by atoms with E-state index in [1.54, 1.807) is 0 Å². The van der Waals surface area contributed by atoms with E-state index in [-0.39, 0.29) is 42.1 Å². The molecule has 1 aliphatic heterocycles. The van der Waals surface area contributed by atoms with Gasteiger partial charge in [0.2, 0.25) is 0 Å². The molecule has 0 fully saturated rings. The first-order chi connectivity index (χ1) is 7.56. The normalized spacial score (nSPS) is 20.3. The first kappa shape index (κ1) is 16.8. The number of rotatable bonds is 6. The van der Waals surface area contributed by atoms with Crippen molar-refractivity contribution >= 4 is 5.97 Å². The zero-order valence-electron chi connectivity index (χ0n) is 10.8. The van der Waals surface area contributed by atoms with E-state index in [2.05, 4.69) is 11.8 Å². The fraction of sp³-hybridized carbons (Fsp3) is 0.727. The van der Waals surface area contributed by atoms with Gasteiger partial charge in [-0.15, -0.1) is 0 Å². The summed E-state index contributed by atoms with van der Waals surface area (Å²) in [6.45, 7) is 2.98. The number of carbonyl (C=O) groups excluding carboxylic acids is 1. The van der Waals surface area contributed by atoms with Crippen molar-refractivity contribution < 1.29 is 44.6 Å². The molecular formula is C11H19N2NaO3. The number of unbranched alkanes of at least 4 members (excludes halogenated alkanes) is 1. The van der Waals surface area contributed by atoms with E-state index in [0.717, 1.165) is 19.4 Å². The molecule has 92 valence electrons. The summed E-state index contributed by atoms with van der Waals surface area (Å²) in [6, 6.07) is 0. The minimum Gasteiger partial charge on any atom is -0.547 e. The summed E-state index contributed by atoms with van der Waals surface area (Å²) in [5.74, 6) is -1.41. The number of aliphatic hydroxyl groups excluding tert-OH is 1. The number of carboxylic acid groups (broad SMARTS) is 1. The molecule has 0 aliphatic carbocycles. The van der Waals surface area contributed by atoms with Gasteiger partial charge in [-0.05, 0) is 6.42 Å². The Hall–Kier alpha value is -0.230. The van der Waals surface area contributed by atoms with Crippen molar-refractivity contribution in [3.63, 3.8) is 0 Å². The van der Waals surface area contributed by atoms with Crippen LogP contribution in [0.3, 0.4) is 0 Å². The van der Waals surface area contributed by atoms with Gasteiger partial charge in [0.15, 0.2) is 0 Å². The molecule has 0 aromatic rings. The molecule has 0 bridgehead atoms.